The van der Waals surface area contributed by atoms with Crippen LogP contribution < -0.4 is 16.6 Å². The fraction of sp³-hybridized carbons (Fsp3) is 0.375. The van der Waals surface area contributed by atoms with Crippen molar-refractivity contribution in [2.24, 2.45) is 0 Å². The Labute approximate surface area is 181 Å². The van der Waals surface area contributed by atoms with E-state index in [1.54, 1.807) is 31.4 Å². The first-order valence-electron chi connectivity index (χ1n) is 10.6. The van der Waals surface area contributed by atoms with E-state index in [2.05, 4.69) is 12.2 Å². The third-order valence-corrected chi connectivity index (χ3v) is 5.22. The standard InChI is InChI=1S/C24H29N3O4/c1-3-4-8-18-11-13-19(14-12-18)25-22(28)17-27-21-10-6-5-9-20(21)23(29)26(24(27)30)15-7-16-31-2/h5-6,9-14H,3-4,7-8,15-17H2,1-2H3,(H,25,28). The summed E-state index contributed by atoms with van der Waals surface area (Å²) in [6.45, 7) is 2.65. The van der Waals surface area contributed by atoms with Crippen LogP contribution in [0.3, 0.4) is 0 Å². The smallest absolute Gasteiger partial charge is 0.331 e. The molecule has 7 nitrogen and oxygen atoms in total. The van der Waals surface area contributed by atoms with Crippen molar-refractivity contribution in [3.8, 4) is 0 Å². The van der Waals surface area contributed by atoms with Gasteiger partial charge < -0.3 is 10.1 Å². The normalized spacial score (nSPS) is 11.0. The minimum Gasteiger partial charge on any atom is -0.385 e. The van der Waals surface area contributed by atoms with Crippen LogP contribution in [0.4, 0.5) is 5.69 Å². The first-order chi connectivity index (χ1) is 15.0. The third-order valence-electron chi connectivity index (χ3n) is 5.22. The molecule has 0 radical (unpaired) electrons. The first kappa shape index (κ1) is 22.5. The second-order valence-corrected chi connectivity index (χ2v) is 7.54. The summed E-state index contributed by atoms with van der Waals surface area (Å²) in [7, 11) is 1.57. The number of unbranched alkanes of at least 4 members (excludes halogenated alkanes) is 1. The average molecular weight is 424 g/mol. The predicted molar refractivity (Wildman–Crippen MR) is 123 cm³/mol. The lowest BCUT2D eigenvalue weighted by Gasteiger charge is -2.14. The van der Waals surface area contributed by atoms with Crippen LogP contribution in [0.5, 0.6) is 0 Å². The van der Waals surface area contributed by atoms with Crippen molar-refractivity contribution < 1.29 is 9.53 Å². The number of nitrogens with one attached hydrogen (secondary N) is 1. The van der Waals surface area contributed by atoms with Crippen molar-refractivity contribution in [2.45, 2.75) is 45.7 Å². The summed E-state index contributed by atoms with van der Waals surface area (Å²) in [6.07, 6.45) is 3.80. The Morgan fingerprint density at radius 1 is 1.00 bits per heavy atom. The molecular weight excluding hydrogens is 394 g/mol. The molecule has 0 saturated heterocycles. The molecule has 0 fully saturated rings. The van der Waals surface area contributed by atoms with Crippen LogP contribution in [-0.2, 0) is 29.0 Å². The van der Waals surface area contributed by atoms with Gasteiger partial charge in [-0.05, 0) is 49.1 Å². The van der Waals surface area contributed by atoms with Gasteiger partial charge in [0.1, 0.15) is 6.54 Å². The molecule has 3 aromatic rings. The van der Waals surface area contributed by atoms with Crippen LogP contribution in [0.15, 0.2) is 58.1 Å². The lowest BCUT2D eigenvalue weighted by atomic mass is 10.1. The Morgan fingerprint density at radius 2 is 1.74 bits per heavy atom. The van der Waals surface area contributed by atoms with E-state index in [1.807, 2.05) is 24.3 Å². The minimum absolute atomic E-state index is 0.179. The van der Waals surface area contributed by atoms with Gasteiger partial charge in [0.25, 0.3) is 5.56 Å². The van der Waals surface area contributed by atoms with Gasteiger partial charge in [0.2, 0.25) is 5.91 Å². The van der Waals surface area contributed by atoms with Crippen LogP contribution in [0, 0.1) is 0 Å². The molecule has 0 atom stereocenters. The maximum absolute atomic E-state index is 13.0. The number of methoxy groups -OCH3 is 1. The van der Waals surface area contributed by atoms with E-state index in [9.17, 15) is 14.4 Å². The number of hydrogen-bond acceptors (Lipinski definition) is 4. The van der Waals surface area contributed by atoms with Gasteiger partial charge in [0, 0.05) is 25.9 Å². The van der Waals surface area contributed by atoms with Crippen molar-refractivity contribution >= 4 is 22.5 Å². The molecule has 0 bridgehead atoms. The van der Waals surface area contributed by atoms with E-state index in [0.29, 0.717) is 29.6 Å². The van der Waals surface area contributed by atoms with Crippen molar-refractivity contribution in [3.05, 3.63) is 74.9 Å². The van der Waals surface area contributed by atoms with Gasteiger partial charge in [0.05, 0.1) is 10.9 Å². The van der Waals surface area contributed by atoms with Gasteiger partial charge in [-0.1, -0.05) is 37.6 Å². The second-order valence-electron chi connectivity index (χ2n) is 7.54. The zero-order chi connectivity index (χ0) is 22.2. The summed E-state index contributed by atoms with van der Waals surface area (Å²) in [5.41, 5.74) is 1.51. The lowest BCUT2D eigenvalue weighted by molar-refractivity contribution is -0.116. The molecule has 1 amide bonds. The highest BCUT2D eigenvalue weighted by Crippen LogP contribution is 2.13. The molecule has 0 aliphatic carbocycles. The molecule has 0 spiro atoms. The van der Waals surface area contributed by atoms with Gasteiger partial charge >= 0.3 is 5.69 Å². The van der Waals surface area contributed by atoms with Crippen LogP contribution in [0.1, 0.15) is 31.7 Å². The van der Waals surface area contributed by atoms with Crippen molar-refractivity contribution in [2.75, 3.05) is 19.0 Å². The molecule has 1 heterocycles. The summed E-state index contributed by atoms with van der Waals surface area (Å²) in [6, 6.07) is 14.6. The Morgan fingerprint density at radius 3 is 2.45 bits per heavy atom. The van der Waals surface area contributed by atoms with Gasteiger partial charge in [-0.2, -0.15) is 0 Å². The Hall–Kier alpha value is -3.19. The lowest BCUT2D eigenvalue weighted by Crippen LogP contribution is -2.42. The van der Waals surface area contributed by atoms with E-state index >= 15 is 0 Å². The third kappa shape index (κ3) is 5.49. The zero-order valence-electron chi connectivity index (χ0n) is 18.1. The number of aromatic nitrogens is 2. The molecule has 164 valence electrons. The number of anilines is 1. The quantitative estimate of drug-likeness (QED) is 0.508. The van der Waals surface area contributed by atoms with Crippen LogP contribution in [0.2, 0.25) is 0 Å². The SMILES string of the molecule is CCCCc1ccc(NC(=O)Cn2c(=O)n(CCCOC)c(=O)c3ccccc32)cc1. The van der Waals surface area contributed by atoms with Crippen molar-refractivity contribution in [3.63, 3.8) is 0 Å². The number of rotatable bonds is 10. The molecule has 1 aromatic heterocycles. The van der Waals surface area contributed by atoms with Crippen LogP contribution in [0.25, 0.3) is 10.9 Å². The summed E-state index contributed by atoms with van der Waals surface area (Å²) in [4.78, 5) is 38.5. The summed E-state index contributed by atoms with van der Waals surface area (Å²) in [5.74, 6) is -0.323. The number of carbonyl (C=O) groups is 1. The van der Waals surface area contributed by atoms with Gasteiger partial charge in [-0.3, -0.25) is 18.7 Å². The largest absolute Gasteiger partial charge is 0.385 e. The monoisotopic (exact) mass is 423 g/mol. The minimum atomic E-state index is -0.495. The maximum Gasteiger partial charge on any atom is 0.331 e. The summed E-state index contributed by atoms with van der Waals surface area (Å²) in [5, 5.41) is 3.26. The molecule has 0 saturated carbocycles. The Bertz CT molecular complexity index is 1150. The highest BCUT2D eigenvalue weighted by molar-refractivity contribution is 5.91. The number of ether oxygens (including phenoxy) is 1. The Balaban J connectivity index is 1.85. The van der Waals surface area contributed by atoms with E-state index in [0.717, 1.165) is 19.3 Å². The highest BCUT2D eigenvalue weighted by Gasteiger charge is 2.15. The number of aryl methyl sites for hydroxylation is 1. The number of nitrogens with zero attached hydrogens (tertiary/aromatic N) is 2. The highest BCUT2D eigenvalue weighted by atomic mass is 16.5. The molecule has 1 N–H and O–H groups in total. The maximum atomic E-state index is 13.0. The van der Waals surface area contributed by atoms with Crippen molar-refractivity contribution in [1.29, 1.82) is 0 Å². The van der Waals surface area contributed by atoms with Crippen molar-refractivity contribution in [1.82, 2.24) is 9.13 Å². The zero-order valence-corrected chi connectivity index (χ0v) is 18.1. The molecular formula is C24H29N3O4. The van der Waals surface area contributed by atoms with E-state index in [1.165, 1.54) is 14.7 Å². The van der Waals surface area contributed by atoms with Gasteiger partial charge in [-0.15, -0.1) is 0 Å². The number of benzene rings is 2. The van der Waals surface area contributed by atoms with Crippen LogP contribution >= 0.6 is 0 Å². The summed E-state index contributed by atoms with van der Waals surface area (Å²) < 4.78 is 7.57. The van der Waals surface area contributed by atoms with Gasteiger partial charge in [0.15, 0.2) is 0 Å². The van der Waals surface area contributed by atoms with Gasteiger partial charge in [-0.25, -0.2) is 4.79 Å². The topological polar surface area (TPSA) is 82.3 Å². The molecule has 0 aliphatic heterocycles. The van der Waals surface area contributed by atoms with Crippen LogP contribution in [-0.4, -0.2) is 28.8 Å². The second kappa shape index (κ2) is 10.7. The first-order valence-corrected chi connectivity index (χ1v) is 10.6. The number of hydrogen-bond donors (Lipinski definition) is 1. The molecule has 2 aromatic carbocycles. The number of amides is 1. The molecule has 0 aliphatic rings. The molecule has 3 rings (SSSR count). The predicted octanol–water partition coefficient (Wildman–Crippen LogP) is 3.18. The molecule has 0 unspecified atom stereocenters. The fourth-order valence-corrected chi connectivity index (χ4v) is 3.57. The number of carbonyl (C=O) groups excluding carboxylic acids is 1. The fourth-order valence-electron chi connectivity index (χ4n) is 3.57. The average Bonchev–Trinajstić information content (AvgIpc) is 2.78. The molecule has 31 heavy (non-hydrogen) atoms. The molecule has 7 heteroatoms. The Kier molecular flexibility index (Phi) is 7.78. The number of para-hydroxylation sites is 1. The summed E-state index contributed by atoms with van der Waals surface area (Å²) >= 11 is 0. The number of fused-ring (bicyclic) bond motifs is 1. The van der Waals surface area contributed by atoms with E-state index in [-0.39, 0.29) is 24.6 Å². The van der Waals surface area contributed by atoms with E-state index in [4.69, 9.17) is 4.74 Å². The van der Waals surface area contributed by atoms with E-state index < -0.39 is 5.69 Å².